The molecule has 126 valence electrons. The lowest BCUT2D eigenvalue weighted by molar-refractivity contribution is 0.146. The third kappa shape index (κ3) is 4.97. The molecule has 0 heterocycles. The van der Waals surface area contributed by atoms with E-state index in [1.165, 1.54) is 0 Å². The summed E-state index contributed by atoms with van der Waals surface area (Å²) in [7, 11) is -1.92. The minimum absolute atomic E-state index is 0.183. The Balaban J connectivity index is 2.96. The molecule has 0 bridgehead atoms. The molecule has 1 aromatic rings. The molecule has 5 nitrogen and oxygen atoms in total. The highest BCUT2D eigenvalue weighted by atomic mass is 32.2. The molecule has 22 heavy (non-hydrogen) atoms. The van der Waals surface area contributed by atoms with Gasteiger partial charge in [0.2, 0.25) is 10.0 Å². The Labute approximate surface area is 134 Å². The first-order valence-corrected chi connectivity index (χ1v) is 9.07. The van der Waals surface area contributed by atoms with Gasteiger partial charge >= 0.3 is 0 Å². The van der Waals surface area contributed by atoms with Crippen LogP contribution in [0.3, 0.4) is 0 Å². The molecule has 0 amide bonds. The Kier molecular flexibility index (Phi) is 7.32. The Bertz CT molecular complexity index is 582. The van der Waals surface area contributed by atoms with Crippen LogP contribution in [0.25, 0.3) is 0 Å². The molecule has 0 aliphatic rings. The van der Waals surface area contributed by atoms with Crippen LogP contribution in [0.5, 0.6) is 5.75 Å². The second-order valence-electron chi connectivity index (χ2n) is 5.46. The summed E-state index contributed by atoms with van der Waals surface area (Å²) in [5.41, 5.74) is 1.57. The molecule has 1 rings (SSSR count). The smallest absolute Gasteiger partial charge is 0.240 e. The van der Waals surface area contributed by atoms with Gasteiger partial charge in [0.05, 0.1) is 12.0 Å². The van der Waals surface area contributed by atoms with Gasteiger partial charge in [0, 0.05) is 19.8 Å². The number of sulfonamides is 1. The van der Waals surface area contributed by atoms with Crippen LogP contribution in [-0.4, -0.2) is 35.3 Å². The fraction of sp³-hybridized carbons (Fsp3) is 0.625. The average Bonchev–Trinajstić information content (AvgIpc) is 2.45. The molecule has 1 N–H and O–H groups in total. The fourth-order valence-corrected chi connectivity index (χ4v) is 3.53. The number of benzene rings is 1. The number of hydrogen-bond acceptors (Lipinski definition) is 4. The summed E-state index contributed by atoms with van der Waals surface area (Å²) in [6.07, 6.45) is 0.652. The fourth-order valence-electron chi connectivity index (χ4n) is 2.20. The van der Waals surface area contributed by atoms with E-state index in [1.807, 2.05) is 20.8 Å². The van der Waals surface area contributed by atoms with Crippen molar-refractivity contribution in [2.45, 2.75) is 44.9 Å². The van der Waals surface area contributed by atoms with E-state index in [0.29, 0.717) is 36.6 Å². The zero-order valence-corrected chi connectivity index (χ0v) is 14.9. The molecular formula is C16H27NO4S. The van der Waals surface area contributed by atoms with Gasteiger partial charge < -0.3 is 9.47 Å². The number of aryl methyl sites for hydroxylation is 1. The summed E-state index contributed by atoms with van der Waals surface area (Å²) in [5, 5.41) is 0. The van der Waals surface area contributed by atoms with E-state index in [2.05, 4.69) is 4.72 Å². The van der Waals surface area contributed by atoms with Crippen molar-refractivity contribution in [3.05, 3.63) is 23.3 Å². The molecule has 6 heteroatoms. The molecule has 0 saturated heterocycles. The van der Waals surface area contributed by atoms with Crippen molar-refractivity contribution in [2.24, 2.45) is 0 Å². The first kappa shape index (κ1) is 18.9. The van der Waals surface area contributed by atoms with Crippen LogP contribution in [0.2, 0.25) is 0 Å². The third-order valence-corrected chi connectivity index (χ3v) is 5.00. The predicted molar refractivity (Wildman–Crippen MR) is 88.1 cm³/mol. The second-order valence-corrected chi connectivity index (χ2v) is 7.20. The van der Waals surface area contributed by atoms with Gasteiger partial charge in [-0.1, -0.05) is 13.8 Å². The first-order valence-electron chi connectivity index (χ1n) is 7.59. The van der Waals surface area contributed by atoms with E-state index >= 15 is 0 Å². The van der Waals surface area contributed by atoms with Crippen molar-refractivity contribution in [1.82, 2.24) is 4.72 Å². The highest BCUT2D eigenvalue weighted by Crippen LogP contribution is 2.31. The summed E-state index contributed by atoms with van der Waals surface area (Å²) in [4.78, 5) is 0.313. The molecule has 0 aromatic heterocycles. The molecule has 0 saturated carbocycles. The van der Waals surface area contributed by atoms with Crippen molar-refractivity contribution in [2.75, 3.05) is 26.9 Å². The van der Waals surface area contributed by atoms with E-state index in [0.717, 1.165) is 11.3 Å². The number of ether oxygens (including phenoxy) is 2. The van der Waals surface area contributed by atoms with Crippen LogP contribution < -0.4 is 9.46 Å². The number of methoxy groups -OCH3 is 1. The van der Waals surface area contributed by atoms with Crippen molar-refractivity contribution in [3.8, 4) is 5.75 Å². The van der Waals surface area contributed by atoms with Gasteiger partial charge in [-0.15, -0.1) is 0 Å². The molecule has 0 spiro atoms. The van der Waals surface area contributed by atoms with Crippen molar-refractivity contribution in [3.63, 3.8) is 0 Å². The summed E-state index contributed by atoms with van der Waals surface area (Å²) < 4.78 is 38.1. The molecule has 0 atom stereocenters. The number of rotatable bonds is 9. The summed E-state index contributed by atoms with van der Waals surface area (Å²) in [6, 6.07) is 3.49. The Morgan fingerprint density at radius 2 is 1.95 bits per heavy atom. The van der Waals surface area contributed by atoms with Crippen LogP contribution >= 0.6 is 0 Å². The van der Waals surface area contributed by atoms with Crippen LogP contribution in [0.1, 0.15) is 44.2 Å². The Morgan fingerprint density at radius 3 is 2.50 bits per heavy atom. The largest absolute Gasteiger partial charge is 0.496 e. The van der Waals surface area contributed by atoms with Gasteiger partial charge in [0.25, 0.3) is 0 Å². The molecule has 0 aliphatic heterocycles. The maximum atomic E-state index is 12.5. The van der Waals surface area contributed by atoms with Gasteiger partial charge in [-0.05, 0) is 49.4 Å². The van der Waals surface area contributed by atoms with Crippen molar-refractivity contribution < 1.29 is 17.9 Å². The first-order chi connectivity index (χ1) is 10.3. The quantitative estimate of drug-likeness (QED) is 0.708. The minimum Gasteiger partial charge on any atom is -0.496 e. The normalized spacial score (nSPS) is 11.9. The SMILES string of the molecule is CCOCCCNS(=O)(=O)c1cc(C(C)C)c(OC)cc1C. The minimum atomic E-state index is -3.52. The van der Waals surface area contributed by atoms with Gasteiger partial charge in [0.15, 0.2) is 0 Å². The summed E-state index contributed by atoms with van der Waals surface area (Å²) in [6.45, 7) is 9.28. The summed E-state index contributed by atoms with van der Waals surface area (Å²) in [5.74, 6) is 0.908. The molecule has 0 radical (unpaired) electrons. The van der Waals surface area contributed by atoms with Crippen molar-refractivity contribution >= 4 is 10.0 Å². The van der Waals surface area contributed by atoms with Gasteiger partial charge in [-0.25, -0.2) is 13.1 Å². The molecule has 0 aliphatic carbocycles. The van der Waals surface area contributed by atoms with Crippen LogP contribution in [-0.2, 0) is 14.8 Å². The van der Waals surface area contributed by atoms with Crippen LogP contribution in [0, 0.1) is 6.92 Å². The zero-order valence-electron chi connectivity index (χ0n) is 14.1. The van der Waals surface area contributed by atoms with Gasteiger partial charge in [-0.2, -0.15) is 0 Å². The average molecular weight is 329 g/mol. The number of hydrogen-bond donors (Lipinski definition) is 1. The molecular weight excluding hydrogens is 302 g/mol. The maximum Gasteiger partial charge on any atom is 0.240 e. The highest BCUT2D eigenvalue weighted by Gasteiger charge is 2.20. The Morgan fingerprint density at radius 1 is 1.27 bits per heavy atom. The van der Waals surface area contributed by atoms with E-state index in [4.69, 9.17) is 9.47 Å². The predicted octanol–water partition coefficient (Wildman–Crippen LogP) is 2.83. The maximum absolute atomic E-state index is 12.5. The van der Waals surface area contributed by atoms with E-state index in [1.54, 1.807) is 26.2 Å². The van der Waals surface area contributed by atoms with Gasteiger partial charge in [-0.3, -0.25) is 0 Å². The standard InChI is InChI=1S/C16H27NO4S/c1-6-21-9-7-8-17-22(18,19)16-11-14(12(2)3)15(20-5)10-13(16)4/h10-12,17H,6-9H2,1-5H3. The van der Waals surface area contributed by atoms with E-state index in [-0.39, 0.29) is 5.92 Å². The lowest BCUT2D eigenvalue weighted by atomic mass is 10.0. The molecule has 0 fully saturated rings. The Hall–Kier alpha value is -1.11. The molecule has 1 aromatic carbocycles. The van der Waals surface area contributed by atoms with Crippen LogP contribution in [0.4, 0.5) is 0 Å². The van der Waals surface area contributed by atoms with Crippen molar-refractivity contribution in [1.29, 1.82) is 0 Å². The summed E-state index contributed by atoms with van der Waals surface area (Å²) >= 11 is 0. The van der Waals surface area contributed by atoms with Gasteiger partial charge in [0.1, 0.15) is 5.75 Å². The topological polar surface area (TPSA) is 64.6 Å². The highest BCUT2D eigenvalue weighted by molar-refractivity contribution is 7.89. The molecule has 0 unspecified atom stereocenters. The lowest BCUT2D eigenvalue weighted by Gasteiger charge is -2.16. The second kappa shape index (κ2) is 8.50. The monoisotopic (exact) mass is 329 g/mol. The number of nitrogens with one attached hydrogen (secondary N) is 1. The third-order valence-electron chi connectivity index (χ3n) is 3.40. The van der Waals surface area contributed by atoms with E-state index < -0.39 is 10.0 Å². The van der Waals surface area contributed by atoms with Crippen LogP contribution in [0.15, 0.2) is 17.0 Å². The zero-order chi connectivity index (χ0) is 16.8. The lowest BCUT2D eigenvalue weighted by Crippen LogP contribution is -2.26. The van der Waals surface area contributed by atoms with E-state index in [9.17, 15) is 8.42 Å².